The number of aliphatic carboxylic acids is 1. The van der Waals surface area contributed by atoms with Crippen molar-refractivity contribution in [1.82, 2.24) is 0 Å². The molecular formula is C11H15NO3. The van der Waals surface area contributed by atoms with Crippen molar-refractivity contribution in [3.8, 4) is 5.75 Å². The highest BCUT2D eigenvalue weighted by Gasteiger charge is 2.09. The van der Waals surface area contributed by atoms with Gasteiger partial charge in [0.05, 0.1) is 13.0 Å². The van der Waals surface area contributed by atoms with Crippen LogP contribution in [0.4, 0.5) is 5.69 Å². The monoisotopic (exact) mass is 209 g/mol. The molecule has 2 N–H and O–H groups in total. The number of hydrogen-bond acceptors (Lipinski definition) is 3. The molecule has 1 rings (SSSR count). The van der Waals surface area contributed by atoms with Crippen LogP contribution in [0.5, 0.6) is 5.75 Å². The Balaban J connectivity index is 2.53. The molecule has 0 aliphatic carbocycles. The molecule has 0 fully saturated rings. The lowest BCUT2D eigenvalue weighted by atomic mass is 10.2. The summed E-state index contributed by atoms with van der Waals surface area (Å²) < 4.78 is 5.05. The van der Waals surface area contributed by atoms with Gasteiger partial charge in [-0.2, -0.15) is 0 Å². The van der Waals surface area contributed by atoms with Gasteiger partial charge in [0.25, 0.3) is 0 Å². The summed E-state index contributed by atoms with van der Waals surface area (Å²) in [6.07, 6.45) is 0. The first kappa shape index (κ1) is 11.4. The second-order valence-electron chi connectivity index (χ2n) is 3.35. The number of ether oxygens (including phenoxy) is 1. The van der Waals surface area contributed by atoms with Gasteiger partial charge in [0, 0.05) is 18.3 Å². The van der Waals surface area contributed by atoms with Gasteiger partial charge in [-0.1, -0.05) is 13.0 Å². The number of carboxylic acid groups (broad SMARTS) is 1. The number of nitrogens with one attached hydrogen (secondary N) is 1. The van der Waals surface area contributed by atoms with Gasteiger partial charge < -0.3 is 15.2 Å². The predicted octanol–water partition coefficient (Wildman–Crippen LogP) is 1.83. The molecule has 0 aliphatic rings. The van der Waals surface area contributed by atoms with Crippen molar-refractivity contribution in [2.45, 2.75) is 6.92 Å². The summed E-state index contributed by atoms with van der Waals surface area (Å²) in [5, 5.41) is 11.7. The number of carboxylic acids is 1. The Labute approximate surface area is 88.9 Å². The van der Waals surface area contributed by atoms with E-state index in [-0.39, 0.29) is 0 Å². The summed E-state index contributed by atoms with van der Waals surface area (Å²) in [4.78, 5) is 10.6. The van der Waals surface area contributed by atoms with E-state index >= 15 is 0 Å². The van der Waals surface area contributed by atoms with Crippen LogP contribution in [0, 0.1) is 5.92 Å². The lowest BCUT2D eigenvalue weighted by Crippen LogP contribution is -2.19. The van der Waals surface area contributed by atoms with Crippen LogP contribution < -0.4 is 10.1 Å². The topological polar surface area (TPSA) is 58.6 Å². The fourth-order valence-electron chi connectivity index (χ4n) is 1.09. The van der Waals surface area contributed by atoms with Crippen LogP contribution in [0.2, 0.25) is 0 Å². The number of hydrogen-bond donors (Lipinski definition) is 2. The second kappa shape index (κ2) is 5.24. The van der Waals surface area contributed by atoms with E-state index in [0.29, 0.717) is 6.54 Å². The van der Waals surface area contributed by atoms with E-state index in [1.165, 1.54) is 0 Å². The first-order valence-electron chi connectivity index (χ1n) is 4.74. The number of rotatable bonds is 5. The maximum Gasteiger partial charge on any atom is 0.308 e. The molecule has 4 heteroatoms. The highest BCUT2D eigenvalue weighted by Crippen LogP contribution is 2.16. The van der Waals surface area contributed by atoms with Gasteiger partial charge in [0.2, 0.25) is 0 Å². The van der Waals surface area contributed by atoms with E-state index in [1.54, 1.807) is 14.0 Å². The van der Waals surface area contributed by atoms with Crippen LogP contribution in [0.1, 0.15) is 6.92 Å². The minimum absolute atomic E-state index is 0.405. The summed E-state index contributed by atoms with van der Waals surface area (Å²) >= 11 is 0. The average molecular weight is 209 g/mol. The fraction of sp³-hybridized carbons (Fsp3) is 0.364. The SMILES string of the molecule is COc1cccc(NCC(C)C(=O)O)c1. The van der Waals surface area contributed by atoms with Crippen LogP contribution in [0.3, 0.4) is 0 Å². The summed E-state index contributed by atoms with van der Waals surface area (Å²) in [7, 11) is 1.60. The fourth-order valence-corrected chi connectivity index (χ4v) is 1.09. The lowest BCUT2D eigenvalue weighted by molar-refractivity contribution is -0.140. The van der Waals surface area contributed by atoms with E-state index in [4.69, 9.17) is 9.84 Å². The standard InChI is InChI=1S/C11H15NO3/c1-8(11(13)14)7-12-9-4-3-5-10(6-9)15-2/h3-6,8,12H,7H2,1-2H3,(H,13,14). The molecule has 0 spiro atoms. The van der Waals surface area contributed by atoms with Crippen molar-refractivity contribution in [2.24, 2.45) is 5.92 Å². The Hall–Kier alpha value is -1.71. The number of benzene rings is 1. The molecule has 0 aromatic heterocycles. The van der Waals surface area contributed by atoms with Gasteiger partial charge >= 0.3 is 5.97 Å². The van der Waals surface area contributed by atoms with Gasteiger partial charge in [-0.25, -0.2) is 0 Å². The molecule has 0 aliphatic heterocycles. The minimum Gasteiger partial charge on any atom is -0.497 e. The molecule has 0 heterocycles. The predicted molar refractivity (Wildman–Crippen MR) is 58.3 cm³/mol. The highest BCUT2D eigenvalue weighted by atomic mass is 16.5. The Kier molecular flexibility index (Phi) is 3.97. The average Bonchev–Trinajstić information content (AvgIpc) is 2.26. The number of carbonyl (C=O) groups is 1. The van der Waals surface area contributed by atoms with E-state index in [9.17, 15) is 4.79 Å². The van der Waals surface area contributed by atoms with Gasteiger partial charge in [0.15, 0.2) is 0 Å². The van der Waals surface area contributed by atoms with Crippen molar-refractivity contribution in [3.63, 3.8) is 0 Å². The van der Waals surface area contributed by atoms with E-state index in [1.807, 2.05) is 24.3 Å². The van der Waals surface area contributed by atoms with Crippen LogP contribution in [-0.2, 0) is 4.79 Å². The van der Waals surface area contributed by atoms with Crippen LogP contribution >= 0.6 is 0 Å². The minimum atomic E-state index is -0.801. The van der Waals surface area contributed by atoms with Crippen molar-refractivity contribution in [2.75, 3.05) is 19.0 Å². The van der Waals surface area contributed by atoms with E-state index < -0.39 is 11.9 Å². The quantitative estimate of drug-likeness (QED) is 0.776. The molecule has 1 aromatic carbocycles. The van der Waals surface area contributed by atoms with Crippen LogP contribution in [-0.4, -0.2) is 24.7 Å². The first-order chi connectivity index (χ1) is 7.13. The smallest absolute Gasteiger partial charge is 0.308 e. The van der Waals surface area contributed by atoms with Crippen LogP contribution in [0.15, 0.2) is 24.3 Å². The Morgan fingerprint density at radius 1 is 1.60 bits per heavy atom. The van der Waals surface area contributed by atoms with Gasteiger partial charge in [0.1, 0.15) is 5.75 Å². The Morgan fingerprint density at radius 3 is 2.93 bits per heavy atom. The Morgan fingerprint density at radius 2 is 2.33 bits per heavy atom. The first-order valence-corrected chi connectivity index (χ1v) is 4.74. The van der Waals surface area contributed by atoms with E-state index in [2.05, 4.69) is 5.32 Å². The van der Waals surface area contributed by atoms with Crippen molar-refractivity contribution < 1.29 is 14.6 Å². The van der Waals surface area contributed by atoms with Crippen molar-refractivity contribution in [3.05, 3.63) is 24.3 Å². The maximum atomic E-state index is 10.6. The molecule has 1 unspecified atom stereocenters. The largest absolute Gasteiger partial charge is 0.497 e. The van der Waals surface area contributed by atoms with Gasteiger partial charge in [-0.05, 0) is 12.1 Å². The number of anilines is 1. The van der Waals surface area contributed by atoms with E-state index in [0.717, 1.165) is 11.4 Å². The summed E-state index contributed by atoms with van der Waals surface area (Å²) in [6, 6.07) is 7.39. The molecule has 1 atom stereocenters. The summed E-state index contributed by atoms with van der Waals surface area (Å²) in [5.41, 5.74) is 0.863. The number of methoxy groups -OCH3 is 1. The third-order valence-corrected chi connectivity index (χ3v) is 2.10. The Bertz CT molecular complexity index is 338. The van der Waals surface area contributed by atoms with Crippen LogP contribution in [0.25, 0.3) is 0 Å². The molecule has 0 radical (unpaired) electrons. The van der Waals surface area contributed by atoms with Crippen molar-refractivity contribution >= 4 is 11.7 Å². The molecule has 0 amide bonds. The molecule has 0 saturated carbocycles. The normalized spacial score (nSPS) is 11.9. The molecule has 0 saturated heterocycles. The molecular weight excluding hydrogens is 194 g/mol. The maximum absolute atomic E-state index is 10.6. The van der Waals surface area contributed by atoms with Gasteiger partial charge in [-0.15, -0.1) is 0 Å². The molecule has 1 aromatic rings. The zero-order valence-electron chi connectivity index (χ0n) is 8.86. The van der Waals surface area contributed by atoms with Gasteiger partial charge in [-0.3, -0.25) is 4.79 Å². The molecule has 4 nitrogen and oxygen atoms in total. The summed E-state index contributed by atoms with van der Waals surface area (Å²) in [6.45, 7) is 2.07. The summed E-state index contributed by atoms with van der Waals surface area (Å²) in [5.74, 6) is -0.454. The lowest BCUT2D eigenvalue weighted by Gasteiger charge is -2.10. The molecule has 15 heavy (non-hydrogen) atoms. The zero-order chi connectivity index (χ0) is 11.3. The highest BCUT2D eigenvalue weighted by molar-refractivity contribution is 5.70. The zero-order valence-corrected chi connectivity index (χ0v) is 8.86. The molecule has 82 valence electrons. The van der Waals surface area contributed by atoms with Crippen molar-refractivity contribution in [1.29, 1.82) is 0 Å². The second-order valence-corrected chi connectivity index (χ2v) is 3.35. The third-order valence-electron chi connectivity index (χ3n) is 2.10. The molecule has 0 bridgehead atoms. The third kappa shape index (κ3) is 3.50.